The molecule has 0 spiro atoms. The third-order valence-electron chi connectivity index (χ3n) is 4.94. The molecule has 144 valence electrons. The third kappa shape index (κ3) is 3.50. The van der Waals surface area contributed by atoms with Gasteiger partial charge in [-0.3, -0.25) is 0 Å². The fraction of sp³-hybridized carbons (Fsp3) is 0.500. The number of aromatic nitrogens is 3. The lowest BCUT2D eigenvalue weighted by atomic mass is 10.1. The van der Waals surface area contributed by atoms with Crippen molar-refractivity contribution in [1.29, 1.82) is 0 Å². The van der Waals surface area contributed by atoms with E-state index in [9.17, 15) is 5.11 Å². The first kappa shape index (κ1) is 18.2. The van der Waals surface area contributed by atoms with Crippen molar-refractivity contribution >= 4 is 27.8 Å². The Balaban J connectivity index is 1.85. The second kappa shape index (κ2) is 6.44. The van der Waals surface area contributed by atoms with Crippen LogP contribution in [0.2, 0.25) is 0 Å². The molecule has 0 atom stereocenters. The van der Waals surface area contributed by atoms with Gasteiger partial charge in [-0.2, -0.15) is 0 Å². The molecule has 7 nitrogen and oxygen atoms in total. The maximum atomic E-state index is 10.5. The van der Waals surface area contributed by atoms with Crippen LogP contribution in [0.15, 0.2) is 24.3 Å². The van der Waals surface area contributed by atoms with Crippen molar-refractivity contribution in [3.63, 3.8) is 0 Å². The van der Waals surface area contributed by atoms with E-state index in [-0.39, 0.29) is 0 Å². The molecule has 1 aliphatic rings. The van der Waals surface area contributed by atoms with E-state index in [1.54, 1.807) is 13.8 Å². The van der Waals surface area contributed by atoms with Crippen molar-refractivity contribution in [2.45, 2.75) is 51.5 Å². The summed E-state index contributed by atoms with van der Waals surface area (Å²) in [5, 5.41) is 11.5. The van der Waals surface area contributed by atoms with E-state index in [1.807, 2.05) is 31.2 Å². The van der Waals surface area contributed by atoms with Crippen LogP contribution in [0, 0.1) is 0 Å². The van der Waals surface area contributed by atoms with Crippen molar-refractivity contribution in [2.75, 3.05) is 18.9 Å². The number of aryl methyl sites for hydroxylation is 1. The highest BCUT2D eigenvalue weighted by Gasteiger charge is 2.32. The average Bonchev–Trinajstić information content (AvgIpc) is 3.17. The molecule has 1 aromatic carbocycles. The summed E-state index contributed by atoms with van der Waals surface area (Å²) in [5.41, 5.74) is 7.72. The maximum absolute atomic E-state index is 10.5. The standard InChI is InChI=1S/C20H26N4O3/c1-19(2,25)12-24-15(8-9-20(3)26-10-11-27-20)23-16-17(24)13-6-4-5-7-14(13)22-18(16)21/h4-7,25H,8-12H2,1-3H3,(H2,21,22). The zero-order valence-corrected chi connectivity index (χ0v) is 16.0. The number of nitrogens with zero attached hydrogens (tertiary/aromatic N) is 3. The van der Waals surface area contributed by atoms with Gasteiger partial charge in [0, 0.05) is 18.2 Å². The highest BCUT2D eigenvalue weighted by atomic mass is 16.7. The van der Waals surface area contributed by atoms with Gasteiger partial charge in [0.25, 0.3) is 0 Å². The van der Waals surface area contributed by atoms with Crippen LogP contribution in [0.4, 0.5) is 5.82 Å². The molecule has 4 rings (SSSR count). The Labute approximate surface area is 158 Å². The molecule has 0 radical (unpaired) electrons. The minimum absolute atomic E-state index is 0.402. The molecule has 0 aliphatic carbocycles. The number of fused-ring (bicyclic) bond motifs is 3. The van der Waals surface area contributed by atoms with Gasteiger partial charge in [0.15, 0.2) is 11.6 Å². The predicted molar refractivity (Wildman–Crippen MR) is 104 cm³/mol. The first-order chi connectivity index (χ1) is 12.8. The summed E-state index contributed by atoms with van der Waals surface area (Å²) in [4.78, 5) is 9.29. The van der Waals surface area contributed by atoms with Crippen LogP contribution in [0.5, 0.6) is 0 Å². The zero-order valence-electron chi connectivity index (χ0n) is 16.0. The van der Waals surface area contributed by atoms with E-state index in [1.165, 1.54) is 0 Å². The molecule has 2 aromatic heterocycles. The SMILES string of the molecule is CC(C)(O)Cn1c(CCC2(C)OCCO2)nc2c(N)nc3ccccc3c21. The molecule has 0 amide bonds. The van der Waals surface area contributed by atoms with Crippen LogP contribution in [-0.2, 0) is 22.4 Å². The number of imidazole rings is 1. The number of hydrogen-bond acceptors (Lipinski definition) is 6. The fourth-order valence-electron chi connectivity index (χ4n) is 3.69. The lowest BCUT2D eigenvalue weighted by Gasteiger charge is -2.24. The first-order valence-electron chi connectivity index (χ1n) is 9.29. The summed E-state index contributed by atoms with van der Waals surface area (Å²) in [6.07, 6.45) is 1.32. The molecular formula is C20H26N4O3. The van der Waals surface area contributed by atoms with Gasteiger partial charge >= 0.3 is 0 Å². The number of benzene rings is 1. The Morgan fingerprint density at radius 3 is 2.63 bits per heavy atom. The quantitative estimate of drug-likeness (QED) is 0.717. The average molecular weight is 370 g/mol. The summed E-state index contributed by atoms with van der Waals surface area (Å²) in [6.45, 7) is 7.16. The van der Waals surface area contributed by atoms with Crippen LogP contribution in [0.25, 0.3) is 21.9 Å². The lowest BCUT2D eigenvalue weighted by Crippen LogP contribution is -2.29. The minimum atomic E-state index is -0.897. The summed E-state index contributed by atoms with van der Waals surface area (Å²) >= 11 is 0. The van der Waals surface area contributed by atoms with Crippen molar-refractivity contribution in [2.24, 2.45) is 0 Å². The Kier molecular flexibility index (Phi) is 4.33. The molecule has 1 saturated heterocycles. The van der Waals surface area contributed by atoms with Crippen LogP contribution in [0.1, 0.15) is 33.0 Å². The number of rotatable bonds is 5. The van der Waals surface area contributed by atoms with E-state index in [2.05, 4.69) is 9.55 Å². The normalized spacial score (nSPS) is 17.2. The zero-order chi connectivity index (χ0) is 19.2. The van der Waals surface area contributed by atoms with Gasteiger partial charge in [-0.05, 0) is 26.8 Å². The van der Waals surface area contributed by atoms with Crippen molar-refractivity contribution in [3.05, 3.63) is 30.1 Å². The molecule has 7 heteroatoms. The third-order valence-corrected chi connectivity index (χ3v) is 4.94. The molecule has 27 heavy (non-hydrogen) atoms. The van der Waals surface area contributed by atoms with E-state index in [0.29, 0.717) is 43.9 Å². The second-order valence-electron chi connectivity index (χ2n) is 7.97. The molecule has 1 fully saturated rings. The number of ether oxygens (including phenoxy) is 2. The highest BCUT2D eigenvalue weighted by molar-refractivity contribution is 6.06. The molecule has 3 aromatic rings. The Morgan fingerprint density at radius 2 is 1.93 bits per heavy atom. The minimum Gasteiger partial charge on any atom is -0.389 e. The molecule has 3 heterocycles. The van der Waals surface area contributed by atoms with Gasteiger partial charge in [-0.25, -0.2) is 9.97 Å². The van der Waals surface area contributed by atoms with E-state index in [0.717, 1.165) is 22.2 Å². The second-order valence-corrected chi connectivity index (χ2v) is 7.97. The number of hydrogen-bond donors (Lipinski definition) is 2. The van der Waals surface area contributed by atoms with E-state index in [4.69, 9.17) is 20.2 Å². The van der Waals surface area contributed by atoms with Crippen LogP contribution < -0.4 is 5.73 Å². The molecule has 0 saturated carbocycles. The number of para-hydroxylation sites is 1. The van der Waals surface area contributed by atoms with Crippen molar-refractivity contribution in [3.8, 4) is 0 Å². The summed E-state index contributed by atoms with van der Waals surface area (Å²) in [5.74, 6) is 0.653. The summed E-state index contributed by atoms with van der Waals surface area (Å²) in [6, 6.07) is 7.87. The van der Waals surface area contributed by atoms with E-state index >= 15 is 0 Å². The van der Waals surface area contributed by atoms with Gasteiger partial charge in [-0.15, -0.1) is 0 Å². The van der Waals surface area contributed by atoms with Crippen molar-refractivity contribution in [1.82, 2.24) is 14.5 Å². The topological polar surface area (TPSA) is 95.4 Å². The largest absolute Gasteiger partial charge is 0.389 e. The van der Waals surface area contributed by atoms with Gasteiger partial charge in [0.1, 0.15) is 11.3 Å². The molecular weight excluding hydrogens is 344 g/mol. The number of aliphatic hydroxyl groups is 1. The van der Waals surface area contributed by atoms with Gasteiger partial charge in [0.2, 0.25) is 0 Å². The van der Waals surface area contributed by atoms with Crippen LogP contribution in [0.3, 0.4) is 0 Å². The fourth-order valence-corrected chi connectivity index (χ4v) is 3.69. The molecule has 3 N–H and O–H groups in total. The number of anilines is 1. The van der Waals surface area contributed by atoms with Crippen LogP contribution >= 0.6 is 0 Å². The predicted octanol–water partition coefficient (Wildman–Crippen LogP) is 2.63. The Bertz CT molecular complexity index is 984. The highest BCUT2D eigenvalue weighted by Crippen LogP contribution is 2.31. The molecule has 0 unspecified atom stereocenters. The molecule has 1 aliphatic heterocycles. The molecule has 0 bridgehead atoms. The Morgan fingerprint density at radius 1 is 1.22 bits per heavy atom. The first-order valence-corrected chi connectivity index (χ1v) is 9.29. The number of nitrogens with two attached hydrogens (primary N) is 1. The lowest BCUT2D eigenvalue weighted by molar-refractivity contribution is -0.146. The maximum Gasteiger partial charge on any atom is 0.166 e. The number of nitrogen functional groups attached to an aromatic ring is 1. The van der Waals surface area contributed by atoms with E-state index < -0.39 is 11.4 Å². The van der Waals surface area contributed by atoms with Gasteiger partial charge < -0.3 is 24.9 Å². The van der Waals surface area contributed by atoms with Gasteiger partial charge in [0.05, 0.1) is 36.4 Å². The summed E-state index contributed by atoms with van der Waals surface area (Å²) < 4.78 is 13.5. The summed E-state index contributed by atoms with van der Waals surface area (Å²) in [7, 11) is 0. The van der Waals surface area contributed by atoms with Crippen molar-refractivity contribution < 1.29 is 14.6 Å². The van der Waals surface area contributed by atoms with Crippen LogP contribution in [-0.4, -0.2) is 44.2 Å². The Hall–Kier alpha value is -2.22. The number of pyridine rings is 1. The smallest absolute Gasteiger partial charge is 0.166 e. The monoisotopic (exact) mass is 370 g/mol. The van der Waals surface area contributed by atoms with Gasteiger partial charge in [-0.1, -0.05) is 18.2 Å².